The maximum atomic E-state index is 5.42. The molecule has 0 aliphatic rings. The Morgan fingerprint density at radius 2 is 1.71 bits per heavy atom. The van der Waals surface area contributed by atoms with Gasteiger partial charge in [-0.15, -0.1) is 0 Å². The highest BCUT2D eigenvalue weighted by atomic mass is 16.5. The molecule has 96 valence electrons. The minimum atomic E-state index is 0.569. The molecule has 0 amide bonds. The van der Waals surface area contributed by atoms with Gasteiger partial charge in [-0.3, -0.25) is 0 Å². The van der Waals surface area contributed by atoms with E-state index in [1.165, 1.54) is 16.7 Å². The van der Waals surface area contributed by atoms with Crippen molar-refractivity contribution in [3.8, 4) is 0 Å². The summed E-state index contributed by atoms with van der Waals surface area (Å²) in [7, 11) is 0. The van der Waals surface area contributed by atoms with Crippen molar-refractivity contribution in [3.63, 3.8) is 0 Å². The van der Waals surface area contributed by atoms with Gasteiger partial charge in [0.05, 0.1) is 5.76 Å². The van der Waals surface area contributed by atoms with Gasteiger partial charge in [0, 0.05) is 0 Å². The van der Waals surface area contributed by atoms with E-state index in [1.54, 1.807) is 6.08 Å². The lowest BCUT2D eigenvalue weighted by atomic mass is 9.98. The molecule has 0 atom stereocenters. The molecule has 0 aromatic carbocycles. The van der Waals surface area contributed by atoms with Crippen LogP contribution in [0.4, 0.5) is 0 Å². The fraction of sp³-hybridized carbons (Fsp3) is 0.500. The fourth-order valence-electron chi connectivity index (χ4n) is 1.71. The van der Waals surface area contributed by atoms with Crippen molar-refractivity contribution in [2.75, 3.05) is 6.61 Å². The molecule has 17 heavy (non-hydrogen) atoms. The summed E-state index contributed by atoms with van der Waals surface area (Å²) in [5.41, 5.74) is 4.26. The average molecular weight is 234 g/mol. The van der Waals surface area contributed by atoms with Crippen LogP contribution in [0.2, 0.25) is 0 Å². The molecular weight excluding hydrogens is 208 g/mol. The van der Waals surface area contributed by atoms with Gasteiger partial charge in [0.15, 0.2) is 0 Å². The number of allylic oxidation sites excluding steroid dienone is 6. The molecule has 0 unspecified atom stereocenters. The van der Waals surface area contributed by atoms with Crippen LogP contribution in [-0.2, 0) is 4.74 Å². The predicted octanol–water partition coefficient (Wildman–Crippen LogP) is 5.18. The van der Waals surface area contributed by atoms with Gasteiger partial charge in [0.25, 0.3) is 0 Å². The van der Waals surface area contributed by atoms with Crippen LogP contribution in [-0.4, -0.2) is 6.61 Å². The maximum Gasteiger partial charge on any atom is 0.106 e. The van der Waals surface area contributed by atoms with Gasteiger partial charge in [0.2, 0.25) is 0 Å². The largest absolute Gasteiger partial charge is 0.494 e. The molecule has 0 aliphatic heterocycles. The van der Waals surface area contributed by atoms with Crippen LogP contribution in [0.25, 0.3) is 0 Å². The van der Waals surface area contributed by atoms with Crippen LogP contribution in [0.15, 0.2) is 47.3 Å². The highest BCUT2D eigenvalue weighted by Crippen LogP contribution is 2.20. The second kappa shape index (κ2) is 8.86. The van der Waals surface area contributed by atoms with E-state index < -0.39 is 0 Å². The van der Waals surface area contributed by atoms with Crippen molar-refractivity contribution in [1.82, 2.24) is 0 Å². The SMILES string of the molecule is C=CCO\C(C)=C/C=C(C)\C(CC)=C(/C)CC. The van der Waals surface area contributed by atoms with Crippen molar-refractivity contribution >= 4 is 0 Å². The lowest BCUT2D eigenvalue weighted by Gasteiger charge is -2.09. The molecule has 0 heterocycles. The monoisotopic (exact) mass is 234 g/mol. The van der Waals surface area contributed by atoms with E-state index in [2.05, 4.69) is 40.3 Å². The molecule has 0 aliphatic carbocycles. The molecule has 0 spiro atoms. The van der Waals surface area contributed by atoms with Gasteiger partial charge in [0.1, 0.15) is 6.61 Å². The molecular formula is C16H26O. The Morgan fingerprint density at radius 1 is 1.06 bits per heavy atom. The Hall–Kier alpha value is -1.24. The summed E-state index contributed by atoms with van der Waals surface area (Å²) in [6.07, 6.45) is 8.12. The van der Waals surface area contributed by atoms with Gasteiger partial charge in [-0.1, -0.05) is 38.2 Å². The first kappa shape index (κ1) is 15.8. The lowest BCUT2D eigenvalue weighted by molar-refractivity contribution is 0.250. The second-order valence-corrected chi connectivity index (χ2v) is 4.19. The maximum absolute atomic E-state index is 5.42. The van der Waals surface area contributed by atoms with Crippen LogP contribution in [0.3, 0.4) is 0 Å². The quantitative estimate of drug-likeness (QED) is 0.335. The molecule has 1 heteroatoms. The predicted molar refractivity (Wildman–Crippen MR) is 76.9 cm³/mol. The number of ether oxygens (including phenoxy) is 1. The summed E-state index contributed by atoms with van der Waals surface area (Å²) < 4.78 is 5.42. The highest BCUT2D eigenvalue weighted by Gasteiger charge is 2.00. The van der Waals surface area contributed by atoms with Crippen molar-refractivity contribution in [3.05, 3.63) is 47.3 Å². The van der Waals surface area contributed by atoms with E-state index in [1.807, 2.05) is 13.0 Å². The number of hydrogen-bond donors (Lipinski definition) is 0. The van der Waals surface area contributed by atoms with Crippen molar-refractivity contribution < 1.29 is 4.74 Å². The molecule has 0 saturated carbocycles. The Kier molecular flexibility index (Phi) is 8.21. The zero-order valence-corrected chi connectivity index (χ0v) is 12.0. The molecule has 0 radical (unpaired) electrons. The normalized spacial score (nSPS) is 14.4. The Balaban J connectivity index is 4.78. The van der Waals surface area contributed by atoms with Gasteiger partial charge in [-0.05, 0) is 50.8 Å². The van der Waals surface area contributed by atoms with E-state index in [0.29, 0.717) is 6.61 Å². The van der Waals surface area contributed by atoms with Crippen molar-refractivity contribution in [2.24, 2.45) is 0 Å². The smallest absolute Gasteiger partial charge is 0.106 e. The van der Waals surface area contributed by atoms with Crippen LogP contribution < -0.4 is 0 Å². The third-order valence-corrected chi connectivity index (χ3v) is 2.87. The summed E-state index contributed by atoms with van der Waals surface area (Å²) in [6, 6.07) is 0. The van der Waals surface area contributed by atoms with E-state index in [4.69, 9.17) is 4.74 Å². The highest BCUT2D eigenvalue weighted by molar-refractivity contribution is 5.35. The first-order chi connectivity index (χ1) is 8.06. The average Bonchev–Trinajstić information content (AvgIpc) is 2.34. The van der Waals surface area contributed by atoms with E-state index in [-0.39, 0.29) is 0 Å². The van der Waals surface area contributed by atoms with Gasteiger partial charge in [-0.25, -0.2) is 0 Å². The number of rotatable bonds is 7. The van der Waals surface area contributed by atoms with E-state index in [0.717, 1.165) is 18.6 Å². The Morgan fingerprint density at radius 3 is 2.18 bits per heavy atom. The van der Waals surface area contributed by atoms with Crippen LogP contribution >= 0.6 is 0 Å². The summed E-state index contributed by atoms with van der Waals surface area (Å²) in [6.45, 7) is 14.9. The summed E-state index contributed by atoms with van der Waals surface area (Å²) in [4.78, 5) is 0. The third-order valence-electron chi connectivity index (χ3n) is 2.87. The molecule has 0 N–H and O–H groups in total. The number of hydrogen-bond acceptors (Lipinski definition) is 1. The topological polar surface area (TPSA) is 9.23 Å². The van der Waals surface area contributed by atoms with Crippen molar-refractivity contribution in [1.29, 1.82) is 0 Å². The first-order valence-electron chi connectivity index (χ1n) is 6.34. The van der Waals surface area contributed by atoms with Crippen molar-refractivity contribution in [2.45, 2.75) is 47.5 Å². The third kappa shape index (κ3) is 6.15. The minimum absolute atomic E-state index is 0.569. The zero-order valence-electron chi connectivity index (χ0n) is 12.0. The van der Waals surface area contributed by atoms with Gasteiger partial charge < -0.3 is 4.74 Å². The molecule has 0 saturated heterocycles. The Labute approximate surface area is 107 Å². The second-order valence-electron chi connectivity index (χ2n) is 4.19. The molecule has 0 rings (SSSR count). The van der Waals surface area contributed by atoms with Crippen LogP contribution in [0.1, 0.15) is 47.5 Å². The molecule has 0 bridgehead atoms. The summed E-state index contributed by atoms with van der Waals surface area (Å²) >= 11 is 0. The van der Waals surface area contributed by atoms with Gasteiger partial charge >= 0.3 is 0 Å². The van der Waals surface area contributed by atoms with Gasteiger partial charge in [-0.2, -0.15) is 0 Å². The lowest BCUT2D eigenvalue weighted by Crippen LogP contribution is -1.90. The molecule has 0 aromatic rings. The Bertz CT molecular complexity index is 329. The first-order valence-corrected chi connectivity index (χ1v) is 6.34. The minimum Gasteiger partial charge on any atom is -0.494 e. The van der Waals surface area contributed by atoms with Crippen LogP contribution in [0, 0.1) is 0 Å². The fourth-order valence-corrected chi connectivity index (χ4v) is 1.71. The molecule has 0 aromatic heterocycles. The standard InChI is InChI=1S/C16H26O/c1-7-12-17-15(6)11-10-14(5)16(9-3)13(4)8-2/h7,10-11H,1,8-9,12H2,2-6H3/b14-10-,15-11-,16-13+. The zero-order chi connectivity index (χ0) is 13.3. The molecule has 0 fully saturated rings. The van der Waals surface area contributed by atoms with Crippen LogP contribution in [0.5, 0.6) is 0 Å². The summed E-state index contributed by atoms with van der Waals surface area (Å²) in [5.74, 6) is 0.925. The van der Waals surface area contributed by atoms with E-state index in [9.17, 15) is 0 Å². The van der Waals surface area contributed by atoms with E-state index >= 15 is 0 Å². The summed E-state index contributed by atoms with van der Waals surface area (Å²) in [5, 5.41) is 0. The molecule has 1 nitrogen and oxygen atoms in total.